The summed E-state index contributed by atoms with van der Waals surface area (Å²) in [6.07, 6.45) is 0.859. The fourth-order valence-electron chi connectivity index (χ4n) is 2.03. The van der Waals surface area contributed by atoms with Crippen molar-refractivity contribution in [3.63, 3.8) is 0 Å². The minimum Gasteiger partial charge on any atom is -0.393 e. The molecule has 2 atom stereocenters. The SMILES string of the molecule is COC(C)CC(O)Cc1ccc2ccccc2n1. The first-order valence-corrected chi connectivity index (χ1v) is 6.24. The van der Waals surface area contributed by atoms with Crippen molar-refractivity contribution >= 4 is 10.9 Å². The van der Waals surface area contributed by atoms with Gasteiger partial charge >= 0.3 is 0 Å². The lowest BCUT2D eigenvalue weighted by Gasteiger charge is -2.15. The molecular weight excluding hydrogens is 226 g/mol. The summed E-state index contributed by atoms with van der Waals surface area (Å²) in [5.74, 6) is 0. The molecule has 3 heteroatoms. The number of hydrogen-bond donors (Lipinski definition) is 1. The second kappa shape index (κ2) is 5.94. The zero-order valence-corrected chi connectivity index (χ0v) is 10.8. The van der Waals surface area contributed by atoms with Crippen molar-refractivity contribution in [1.82, 2.24) is 4.98 Å². The van der Waals surface area contributed by atoms with E-state index in [1.54, 1.807) is 7.11 Å². The first-order chi connectivity index (χ1) is 8.69. The smallest absolute Gasteiger partial charge is 0.0705 e. The van der Waals surface area contributed by atoms with Gasteiger partial charge in [-0.1, -0.05) is 24.3 Å². The molecule has 0 spiro atoms. The molecule has 1 aromatic heterocycles. The highest BCUT2D eigenvalue weighted by Gasteiger charge is 2.11. The van der Waals surface area contributed by atoms with Gasteiger partial charge < -0.3 is 9.84 Å². The van der Waals surface area contributed by atoms with Gasteiger partial charge in [-0.3, -0.25) is 4.98 Å². The van der Waals surface area contributed by atoms with E-state index in [2.05, 4.69) is 4.98 Å². The summed E-state index contributed by atoms with van der Waals surface area (Å²) in [6.45, 7) is 1.96. The predicted octanol–water partition coefficient (Wildman–Crippen LogP) is 2.56. The molecule has 1 N–H and O–H groups in total. The van der Waals surface area contributed by atoms with Crippen molar-refractivity contribution in [2.24, 2.45) is 0 Å². The number of fused-ring (bicyclic) bond motifs is 1. The number of aromatic nitrogens is 1. The Labute approximate surface area is 107 Å². The van der Waals surface area contributed by atoms with Crippen LogP contribution in [0.1, 0.15) is 19.0 Å². The van der Waals surface area contributed by atoms with Crippen molar-refractivity contribution < 1.29 is 9.84 Å². The summed E-state index contributed by atoms with van der Waals surface area (Å²) in [6, 6.07) is 12.0. The Balaban J connectivity index is 2.07. The summed E-state index contributed by atoms with van der Waals surface area (Å²) < 4.78 is 5.15. The van der Waals surface area contributed by atoms with Gasteiger partial charge in [0.1, 0.15) is 0 Å². The molecule has 0 saturated heterocycles. The average Bonchev–Trinajstić information content (AvgIpc) is 2.38. The summed E-state index contributed by atoms with van der Waals surface area (Å²) in [5.41, 5.74) is 1.89. The number of ether oxygens (including phenoxy) is 1. The molecule has 1 aromatic carbocycles. The molecule has 2 unspecified atom stereocenters. The van der Waals surface area contributed by atoms with E-state index < -0.39 is 6.10 Å². The first kappa shape index (κ1) is 13.0. The van der Waals surface area contributed by atoms with Crippen LogP contribution in [0.15, 0.2) is 36.4 Å². The second-order valence-corrected chi connectivity index (χ2v) is 4.64. The Morgan fingerprint density at radius 3 is 2.78 bits per heavy atom. The lowest BCUT2D eigenvalue weighted by atomic mass is 10.1. The minimum atomic E-state index is -0.409. The standard InChI is InChI=1S/C15H19NO2/c1-11(18-2)9-14(17)10-13-8-7-12-5-3-4-6-15(12)16-13/h3-8,11,14,17H,9-10H2,1-2H3. The van der Waals surface area contributed by atoms with Crippen LogP contribution >= 0.6 is 0 Å². The fraction of sp³-hybridized carbons (Fsp3) is 0.400. The van der Waals surface area contributed by atoms with E-state index in [4.69, 9.17) is 4.74 Å². The maximum atomic E-state index is 9.96. The third-order valence-corrected chi connectivity index (χ3v) is 3.11. The van der Waals surface area contributed by atoms with Gasteiger partial charge in [-0.2, -0.15) is 0 Å². The largest absolute Gasteiger partial charge is 0.393 e. The van der Waals surface area contributed by atoms with Crippen LogP contribution in [0.5, 0.6) is 0 Å². The number of nitrogens with zero attached hydrogens (tertiary/aromatic N) is 1. The van der Waals surface area contributed by atoms with Gasteiger partial charge in [0.25, 0.3) is 0 Å². The Bertz CT molecular complexity index is 513. The molecule has 0 saturated carbocycles. The van der Waals surface area contributed by atoms with E-state index in [0.717, 1.165) is 16.6 Å². The number of methoxy groups -OCH3 is 1. The molecule has 3 nitrogen and oxygen atoms in total. The number of pyridine rings is 1. The first-order valence-electron chi connectivity index (χ1n) is 6.24. The molecule has 0 bridgehead atoms. The van der Waals surface area contributed by atoms with Gasteiger partial charge in [0.2, 0.25) is 0 Å². The van der Waals surface area contributed by atoms with Crippen LogP contribution in [0.25, 0.3) is 10.9 Å². The Hall–Kier alpha value is -1.45. The molecule has 18 heavy (non-hydrogen) atoms. The van der Waals surface area contributed by atoms with Crippen molar-refractivity contribution in [2.75, 3.05) is 7.11 Å². The van der Waals surface area contributed by atoms with Crippen LogP contribution in [0.3, 0.4) is 0 Å². The number of hydrogen-bond acceptors (Lipinski definition) is 3. The van der Waals surface area contributed by atoms with Gasteiger partial charge in [0.05, 0.1) is 17.7 Å². The lowest BCUT2D eigenvalue weighted by molar-refractivity contribution is 0.0562. The third-order valence-electron chi connectivity index (χ3n) is 3.11. The van der Waals surface area contributed by atoms with E-state index in [1.807, 2.05) is 43.3 Å². The number of rotatable bonds is 5. The summed E-state index contributed by atoms with van der Waals surface area (Å²) >= 11 is 0. The minimum absolute atomic E-state index is 0.0699. The van der Waals surface area contributed by atoms with E-state index in [0.29, 0.717) is 12.8 Å². The third kappa shape index (κ3) is 3.28. The van der Waals surface area contributed by atoms with Crippen molar-refractivity contribution in [3.8, 4) is 0 Å². The summed E-state index contributed by atoms with van der Waals surface area (Å²) in [7, 11) is 1.66. The molecular formula is C15H19NO2. The van der Waals surface area contributed by atoms with Gasteiger partial charge in [-0.15, -0.1) is 0 Å². The maximum Gasteiger partial charge on any atom is 0.0705 e. The molecule has 0 aliphatic heterocycles. The number of aliphatic hydroxyl groups excluding tert-OH is 1. The highest BCUT2D eigenvalue weighted by atomic mass is 16.5. The molecule has 0 aliphatic carbocycles. The van der Waals surface area contributed by atoms with Crippen LogP contribution in [0.2, 0.25) is 0 Å². The van der Waals surface area contributed by atoms with Crippen molar-refractivity contribution in [1.29, 1.82) is 0 Å². The number of aliphatic hydroxyl groups is 1. The van der Waals surface area contributed by atoms with Crippen LogP contribution in [0.4, 0.5) is 0 Å². The molecule has 0 radical (unpaired) electrons. The Kier molecular flexibility index (Phi) is 4.28. The van der Waals surface area contributed by atoms with Gasteiger partial charge in [-0.25, -0.2) is 0 Å². The second-order valence-electron chi connectivity index (χ2n) is 4.64. The quantitative estimate of drug-likeness (QED) is 0.880. The molecule has 2 rings (SSSR count). The number of benzene rings is 1. The van der Waals surface area contributed by atoms with Gasteiger partial charge in [0, 0.05) is 24.6 Å². The molecule has 2 aromatic rings. The lowest BCUT2D eigenvalue weighted by Crippen LogP contribution is -2.19. The predicted molar refractivity (Wildman–Crippen MR) is 72.5 cm³/mol. The molecule has 1 heterocycles. The Morgan fingerprint density at radius 1 is 1.22 bits per heavy atom. The highest BCUT2D eigenvalue weighted by molar-refractivity contribution is 5.78. The molecule has 96 valence electrons. The van der Waals surface area contributed by atoms with Crippen LogP contribution in [-0.4, -0.2) is 29.4 Å². The average molecular weight is 245 g/mol. The fourth-order valence-corrected chi connectivity index (χ4v) is 2.03. The van der Waals surface area contributed by atoms with Crippen molar-refractivity contribution in [2.45, 2.75) is 32.0 Å². The molecule has 0 fully saturated rings. The maximum absolute atomic E-state index is 9.96. The zero-order chi connectivity index (χ0) is 13.0. The number of para-hydroxylation sites is 1. The van der Waals surface area contributed by atoms with Crippen molar-refractivity contribution in [3.05, 3.63) is 42.1 Å². The normalized spacial score (nSPS) is 14.6. The van der Waals surface area contributed by atoms with Crippen LogP contribution in [-0.2, 0) is 11.2 Å². The molecule has 0 aliphatic rings. The topological polar surface area (TPSA) is 42.4 Å². The van der Waals surface area contributed by atoms with E-state index in [-0.39, 0.29) is 6.10 Å². The van der Waals surface area contributed by atoms with Crippen LogP contribution < -0.4 is 0 Å². The monoisotopic (exact) mass is 245 g/mol. The van der Waals surface area contributed by atoms with E-state index >= 15 is 0 Å². The summed E-state index contributed by atoms with van der Waals surface area (Å²) in [4.78, 5) is 4.55. The van der Waals surface area contributed by atoms with Gasteiger partial charge in [-0.05, 0) is 25.5 Å². The van der Waals surface area contributed by atoms with E-state index in [9.17, 15) is 5.11 Å². The zero-order valence-electron chi connectivity index (χ0n) is 10.8. The highest BCUT2D eigenvalue weighted by Crippen LogP contribution is 2.14. The van der Waals surface area contributed by atoms with E-state index in [1.165, 1.54) is 0 Å². The Morgan fingerprint density at radius 2 is 2.00 bits per heavy atom. The van der Waals surface area contributed by atoms with Crippen LogP contribution in [0, 0.1) is 0 Å². The molecule has 0 amide bonds. The summed E-state index contributed by atoms with van der Waals surface area (Å²) in [5, 5.41) is 11.1. The van der Waals surface area contributed by atoms with Gasteiger partial charge in [0.15, 0.2) is 0 Å².